The van der Waals surface area contributed by atoms with Crippen molar-refractivity contribution in [2.75, 3.05) is 5.88 Å². The van der Waals surface area contributed by atoms with Crippen LogP contribution in [0.1, 0.15) is 20.7 Å². The molecule has 0 aliphatic heterocycles. The second kappa shape index (κ2) is 4.05. The maximum Gasteiger partial charge on any atom is 0.177 e. The Labute approximate surface area is 79.9 Å². The monoisotopic (exact) mass is 198 g/mol. The fraction of sp³-hybridized carbons (Fsp3) is 0.111. The van der Waals surface area contributed by atoms with Crippen LogP contribution in [0.3, 0.4) is 0 Å². The summed E-state index contributed by atoms with van der Waals surface area (Å²) < 4.78 is 0. The lowest BCUT2D eigenvalue weighted by Gasteiger charge is -1.99. The maximum atomic E-state index is 11.1. The third-order valence-electron chi connectivity index (χ3n) is 1.60. The molecule has 0 saturated heterocycles. The average molecular weight is 199 g/mol. The summed E-state index contributed by atoms with van der Waals surface area (Å²) in [5.41, 5.74) is 0.422. The van der Waals surface area contributed by atoms with Gasteiger partial charge in [-0.25, -0.2) is 0 Å². The van der Waals surface area contributed by atoms with Gasteiger partial charge in [-0.15, -0.1) is 11.6 Å². The molecule has 0 aliphatic carbocycles. The molecule has 3 nitrogen and oxygen atoms in total. The zero-order valence-corrected chi connectivity index (χ0v) is 7.41. The fourth-order valence-electron chi connectivity index (χ4n) is 0.900. The van der Waals surface area contributed by atoms with E-state index in [4.69, 9.17) is 16.7 Å². The van der Waals surface area contributed by atoms with E-state index < -0.39 is 0 Å². The molecule has 4 heteroatoms. The third-order valence-corrected chi connectivity index (χ3v) is 1.84. The zero-order chi connectivity index (χ0) is 9.84. The highest BCUT2D eigenvalue weighted by atomic mass is 35.5. The predicted molar refractivity (Wildman–Crippen MR) is 48.5 cm³/mol. The van der Waals surface area contributed by atoms with E-state index in [0.717, 1.165) is 0 Å². The highest BCUT2D eigenvalue weighted by molar-refractivity contribution is 6.30. The standard InChI is InChI=1S/C9H7ClO3/c10-4-9(13)6-1-2-8(12)7(3-6)5-11/h1-3,5,12H,4H2. The Morgan fingerprint density at radius 3 is 2.77 bits per heavy atom. The number of hydrogen-bond acceptors (Lipinski definition) is 3. The molecule has 0 unspecified atom stereocenters. The summed E-state index contributed by atoms with van der Waals surface area (Å²) in [5.74, 6) is -0.547. The molecule has 0 spiro atoms. The van der Waals surface area contributed by atoms with Crippen molar-refractivity contribution < 1.29 is 14.7 Å². The van der Waals surface area contributed by atoms with Gasteiger partial charge in [-0.2, -0.15) is 0 Å². The number of aromatic hydroxyl groups is 1. The molecule has 0 saturated carbocycles. The summed E-state index contributed by atoms with van der Waals surface area (Å²) in [7, 11) is 0. The fourth-order valence-corrected chi connectivity index (χ4v) is 1.05. The number of phenols is 1. The van der Waals surface area contributed by atoms with E-state index in [-0.39, 0.29) is 23.0 Å². The molecule has 0 atom stereocenters. The van der Waals surface area contributed by atoms with Crippen LogP contribution in [0.4, 0.5) is 0 Å². The van der Waals surface area contributed by atoms with Crippen LogP contribution in [0.2, 0.25) is 0 Å². The van der Waals surface area contributed by atoms with Gasteiger partial charge in [-0.05, 0) is 18.2 Å². The van der Waals surface area contributed by atoms with E-state index in [2.05, 4.69) is 0 Å². The molecule has 0 radical (unpaired) electrons. The Morgan fingerprint density at radius 2 is 2.23 bits per heavy atom. The van der Waals surface area contributed by atoms with Gasteiger partial charge in [-0.3, -0.25) is 9.59 Å². The van der Waals surface area contributed by atoms with E-state index in [1.54, 1.807) is 0 Å². The first-order chi connectivity index (χ1) is 6.19. The van der Waals surface area contributed by atoms with Crippen molar-refractivity contribution in [1.82, 2.24) is 0 Å². The summed E-state index contributed by atoms with van der Waals surface area (Å²) in [4.78, 5) is 21.4. The second-order valence-electron chi connectivity index (χ2n) is 2.45. The lowest BCUT2D eigenvalue weighted by atomic mass is 10.1. The maximum absolute atomic E-state index is 11.1. The Hall–Kier alpha value is -1.35. The normalized spacial score (nSPS) is 9.62. The summed E-state index contributed by atoms with van der Waals surface area (Å²) in [6, 6.07) is 4.03. The molecule has 0 heterocycles. The smallest absolute Gasteiger partial charge is 0.177 e. The number of aldehydes is 1. The number of rotatable bonds is 3. The van der Waals surface area contributed by atoms with Gasteiger partial charge in [0.1, 0.15) is 5.75 Å². The Kier molecular flexibility index (Phi) is 3.03. The number of halogens is 1. The largest absolute Gasteiger partial charge is 0.507 e. The number of carbonyl (C=O) groups is 2. The Bertz CT molecular complexity index is 347. The van der Waals surface area contributed by atoms with Gasteiger partial charge in [0.15, 0.2) is 12.1 Å². The van der Waals surface area contributed by atoms with Gasteiger partial charge < -0.3 is 5.11 Å². The van der Waals surface area contributed by atoms with Crippen LogP contribution in [0.25, 0.3) is 0 Å². The lowest BCUT2D eigenvalue weighted by Crippen LogP contribution is -2.00. The summed E-state index contributed by atoms with van der Waals surface area (Å²) in [5, 5.41) is 9.11. The number of Topliss-reactive ketones (excluding diaryl/α,β-unsaturated/α-hetero) is 1. The van der Waals surface area contributed by atoms with Gasteiger partial charge in [-0.1, -0.05) is 0 Å². The Morgan fingerprint density at radius 1 is 1.54 bits per heavy atom. The average Bonchev–Trinajstić information content (AvgIpc) is 2.17. The van der Waals surface area contributed by atoms with Crippen molar-refractivity contribution in [3.8, 4) is 5.75 Å². The van der Waals surface area contributed by atoms with E-state index in [9.17, 15) is 9.59 Å². The molecule has 1 aromatic rings. The topological polar surface area (TPSA) is 54.4 Å². The number of alkyl halides is 1. The second-order valence-corrected chi connectivity index (χ2v) is 2.72. The van der Waals surface area contributed by atoms with Gasteiger partial charge in [0, 0.05) is 5.56 Å². The van der Waals surface area contributed by atoms with Gasteiger partial charge in [0.05, 0.1) is 11.4 Å². The van der Waals surface area contributed by atoms with Crippen LogP contribution >= 0.6 is 11.6 Å². The number of phenolic OH excluding ortho intramolecular Hbond substituents is 1. The van der Waals surface area contributed by atoms with Crippen molar-refractivity contribution in [3.63, 3.8) is 0 Å². The molecule has 1 rings (SSSR count). The van der Waals surface area contributed by atoms with Crippen molar-refractivity contribution in [3.05, 3.63) is 29.3 Å². The minimum atomic E-state index is -0.273. The highest BCUT2D eigenvalue weighted by Crippen LogP contribution is 2.16. The highest BCUT2D eigenvalue weighted by Gasteiger charge is 2.07. The Balaban J connectivity index is 3.13. The molecule has 0 bridgehead atoms. The molecule has 0 fully saturated rings. The molecule has 13 heavy (non-hydrogen) atoms. The molecule has 0 aromatic heterocycles. The summed E-state index contributed by atoms with van der Waals surface area (Å²) in [6.45, 7) is 0. The molecule has 1 N–H and O–H groups in total. The van der Waals surface area contributed by atoms with E-state index in [1.165, 1.54) is 18.2 Å². The number of carbonyl (C=O) groups excluding carboxylic acids is 2. The number of hydrogen-bond donors (Lipinski definition) is 1. The molecule has 1 aromatic carbocycles. The van der Waals surface area contributed by atoms with Gasteiger partial charge in [0.2, 0.25) is 0 Å². The van der Waals surface area contributed by atoms with Crippen LogP contribution in [0.5, 0.6) is 5.75 Å². The van der Waals surface area contributed by atoms with E-state index >= 15 is 0 Å². The SMILES string of the molecule is O=Cc1cc(C(=O)CCl)ccc1O. The van der Waals surface area contributed by atoms with Crippen molar-refractivity contribution in [2.24, 2.45) is 0 Å². The van der Waals surface area contributed by atoms with Crippen LogP contribution in [-0.2, 0) is 0 Å². The lowest BCUT2D eigenvalue weighted by molar-refractivity contribution is 0.102. The molecular weight excluding hydrogens is 192 g/mol. The van der Waals surface area contributed by atoms with Gasteiger partial charge in [0.25, 0.3) is 0 Å². The van der Waals surface area contributed by atoms with Crippen LogP contribution in [0, 0.1) is 0 Å². The minimum Gasteiger partial charge on any atom is -0.507 e. The van der Waals surface area contributed by atoms with Crippen molar-refractivity contribution >= 4 is 23.7 Å². The number of benzene rings is 1. The van der Waals surface area contributed by atoms with Crippen molar-refractivity contribution in [2.45, 2.75) is 0 Å². The van der Waals surface area contributed by atoms with Crippen LogP contribution in [-0.4, -0.2) is 23.1 Å². The van der Waals surface area contributed by atoms with Crippen molar-refractivity contribution in [1.29, 1.82) is 0 Å². The third kappa shape index (κ3) is 2.06. The molecular formula is C9H7ClO3. The van der Waals surface area contributed by atoms with Gasteiger partial charge >= 0.3 is 0 Å². The zero-order valence-electron chi connectivity index (χ0n) is 6.66. The number of ketones is 1. The predicted octanol–water partition coefficient (Wildman–Crippen LogP) is 1.63. The molecule has 0 amide bonds. The molecule has 68 valence electrons. The molecule has 0 aliphatic rings. The minimum absolute atomic E-state index is 0.0935. The summed E-state index contributed by atoms with van der Waals surface area (Å²) >= 11 is 5.32. The summed E-state index contributed by atoms with van der Waals surface area (Å²) in [6.07, 6.45) is 0.486. The van der Waals surface area contributed by atoms with E-state index in [1.807, 2.05) is 0 Å². The first-order valence-electron chi connectivity index (χ1n) is 3.56. The van der Waals surface area contributed by atoms with Crippen LogP contribution < -0.4 is 0 Å². The van der Waals surface area contributed by atoms with E-state index in [0.29, 0.717) is 11.8 Å². The first-order valence-corrected chi connectivity index (χ1v) is 4.10. The first kappa shape index (κ1) is 9.74. The quantitative estimate of drug-likeness (QED) is 0.456. The van der Waals surface area contributed by atoms with Crippen LogP contribution in [0.15, 0.2) is 18.2 Å².